The summed E-state index contributed by atoms with van der Waals surface area (Å²) >= 11 is 0. The van der Waals surface area contributed by atoms with Gasteiger partial charge in [-0.15, -0.1) is 0 Å². The van der Waals surface area contributed by atoms with Crippen molar-refractivity contribution >= 4 is 40.6 Å². The number of urea groups is 1. The number of likely N-dealkylation sites (N-methyl/N-ethyl adjacent to an activating group) is 1. The van der Waals surface area contributed by atoms with Crippen molar-refractivity contribution in [1.82, 2.24) is 40.0 Å². The molecule has 2 fully saturated rings. The summed E-state index contributed by atoms with van der Waals surface area (Å²) in [6.45, 7) is 4.03. The Hall–Kier alpha value is -6.17. The van der Waals surface area contributed by atoms with E-state index in [2.05, 4.69) is 40.8 Å². The average Bonchev–Trinajstić information content (AvgIpc) is 3.80. The summed E-state index contributed by atoms with van der Waals surface area (Å²) < 4.78 is 7.26. The number of piperidine rings is 1. The number of nitrogens with zero attached hydrogens (tertiary/aromatic N) is 7. The van der Waals surface area contributed by atoms with Crippen LogP contribution in [0.1, 0.15) is 53.7 Å². The van der Waals surface area contributed by atoms with Gasteiger partial charge in [0.05, 0.1) is 6.33 Å². The molecule has 3 aromatic heterocycles. The van der Waals surface area contributed by atoms with Gasteiger partial charge in [-0.3, -0.25) is 14.2 Å². The molecule has 0 radical (unpaired) electrons. The maximum atomic E-state index is 13.8. The molecule has 0 unspecified atom stereocenters. The molecule has 0 aliphatic carbocycles. The quantitative estimate of drug-likeness (QED) is 0.0953. The number of anilines is 2. The minimum absolute atomic E-state index is 0.0700. The number of imidazole rings is 1. The van der Waals surface area contributed by atoms with Crippen LogP contribution in [-0.4, -0.2) is 121 Å². The highest BCUT2D eigenvalue weighted by atomic mass is 16.6. The number of ether oxygens (including phenoxy) is 1. The molecule has 4 atom stereocenters. The predicted molar refractivity (Wildman–Crippen MR) is 211 cm³/mol. The molecule has 2 aliphatic heterocycles. The van der Waals surface area contributed by atoms with Gasteiger partial charge in [0.15, 0.2) is 29.3 Å². The average molecular weight is 778 g/mol. The molecule has 5 aromatic rings. The smallest absolute Gasteiger partial charge is 0.315 e. The Kier molecular flexibility index (Phi) is 12.2. The summed E-state index contributed by atoms with van der Waals surface area (Å²) in [6.07, 6.45) is -1.18. The highest BCUT2D eigenvalue weighted by Crippen LogP contribution is 2.33. The molecule has 57 heavy (non-hydrogen) atoms. The first-order chi connectivity index (χ1) is 27.7. The van der Waals surface area contributed by atoms with E-state index in [0.29, 0.717) is 39.0 Å². The van der Waals surface area contributed by atoms with Crippen molar-refractivity contribution in [3.63, 3.8) is 0 Å². The number of nitrogens with two attached hydrogens (primary N) is 1. The Bertz CT molecular complexity index is 2090. The van der Waals surface area contributed by atoms with E-state index >= 15 is 0 Å². The number of hydrogen-bond acceptors (Lipinski definition) is 12. The fourth-order valence-corrected chi connectivity index (χ4v) is 7.50. The Morgan fingerprint density at radius 2 is 1.60 bits per heavy atom. The van der Waals surface area contributed by atoms with E-state index in [9.17, 15) is 24.6 Å². The Balaban J connectivity index is 1.13. The number of primary amides is 1. The van der Waals surface area contributed by atoms with Crippen molar-refractivity contribution in [3.8, 4) is 0 Å². The molecule has 0 bridgehead atoms. The first-order valence-corrected chi connectivity index (χ1v) is 19.1. The lowest BCUT2D eigenvalue weighted by Gasteiger charge is -2.38. The Morgan fingerprint density at radius 1 is 0.912 bits per heavy atom. The number of nitrogens with one attached hydrogen (secondary N) is 3. The standard InChI is InChI=1S/C40H47N11O6/c1-2-42-37(54)33-31(52)32(53)39(57-33)51-24-46-30-34(45-23-28(25-11-5-3-6-12-25)26-13-7-4-8-14-26)47-35(48-36(30)51)38(55)44-19-22-50(40(41)56)27-16-20-49(21-17-27)29-15-9-10-18-43-29/h3-15,18,24,27-28,31-33,39,52-53H,2,16-17,19-23H2,1H3,(H2,41,56)(H,42,54)(H,44,55)(H,45,47,48)/t31-,32+,33-,39+/m0/s1. The molecule has 0 saturated carbocycles. The van der Waals surface area contributed by atoms with Crippen molar-refractivity contribution in [2.75, 3.05) is 49.5 Å². The van der Waals surface area contributed by atoms with E-state index in [4.69, 9.17) is 10.5 Å². The Morgan fingerprint density at radius 3 is 2.23 bits per heavy atom. The number of amides is 4. The second-order valence-corrected chi connectivity index (χ2v) is 14.0. The van der Waals surface area contributed by atoms with Gasteiger partial charge < -0.3 is 46.4 Å². The van der Waals surface area contributed by atoms with E-state index in [-0.39, 0.29) is 47.9 Å². The molecule has 17 heteroatoms. The van der Waals surface area contributed by atoms with Crippen molar-refractivity contribution in [1.29, 1.82) is 0 Å². The minimum atomic E-state index is -1.53. The number of aliphatic hydroxyl groups is 2. The monoisotopic (exact) mass is 777 g/mol. The van der Waals surface area contributed by atoms with E-state index < -0.39 is 42.4 Å². The van der Waals surface area contributed by atoms with Gasteiger partial charge >= 0.3 is 6.03 Å². The molecule has 5 heterocycles. The van der Waals surface area contributed by atoms with Crippen LogP contribution >= 0.6 is 0 Å². The highest BCUT2D eigenvalue weighted by Gasteiger charge is 2.47. The topological polar surface area (TPSA) is 226 Å². The number of rotatable bonds is 14. The zero-order valence-corrected chi connectivity index (χ0v) is 31.5. The van der Waals surface area contributed by atoms with Gasteiger partial charge in [-0.1, -0.05) is 66.7 Å². The lowest BCUT2D eigenvalue weighted by molar-refractivity contribution is -0.137. The number of carbonyl (C=O) groups is 3. The van der Waals surface area contributed by atoms with Gasteiger partial charge in [0.1, 0.15) is 18.0 Å². The van der Waals surface area contributed by atoms with E-state index in [1.54, 1.807) is 18.0 Å². The van der Waals surface area contributed by atoms with E-state index in [1.807, 2.05) is 78.9 Å². The molecule has 0 spiro atoms. The number of hydrogen-bond donors (Lipinski definition) is 6. The van der Waals surface area contributed by atoms with Crippen molar-refractivity contribution in [2.24, 2.45) is 5.73 Å². The number of carbonyl (C=O) groups excluding carboxylic acids is 3. The summed E-state index contributed by atoms with van der Waals surface area (Å²) in [6, 6.07) is 25.0. The van der Waals surface area contributed by atoms with Gasteiger partial charge in [-0.25, -0.2) is 24.7 Å². The molecule has 298 valence electrons. The maximum absolute atomic E-state index is 13.8. The molecule has 7 rings (SSSR count). The largest absolute Gasteiger partial charge is 0.387 e. The first kappa shape index (κ1) is 39.1. The second-order valence-electron chi connectivity index (χ2n) is 14.0. The molecule has 17 nitrogen and oxygen atoms in total. The third kappa shape index (κ3) is 8.65. The third-order valence-corrected chi connectivity index (χ3v) is 10.4. The summed E-state index contributed by atoms with van der Waals surface area (Å²) in [5.41, 5.74) is 8.33. The van der Waals surface area contributed by atoms with Crippen LogP contribution in [0.5, 0.6) is 0 Å². The van der Waals surface area contributed by atoms with Gasteiger partial charge in [-0.2, -0.15) is 0 Å². The molecular weight excluding hydrogens is 731 g/mol. The van der Waals surface area contributed by atoms with Crippen LogP contribution in [0.4, 0.5) is 16.4 Å². The summed E-state index contributed by atoms with van der Waals surface area (Å²) in [5.74, 6) is -0.413. The molecule has 2 saturated heterocycles. The molecule has 4 amide bonds. The van der Waals surface area contributed by atoms with Crippen molar-refractivity contribution in [3.05, 3.63) is 108 Å². The van der Waals surface area contributed by atoms with E-state index in [0.717, 1.165) is 16.9 Å². The van der Waals surface area contributed by atoms with Crippen LogP contribution in [0.15, 0.2) is 91.4 Å². The lowest BCUT2D eigenvalue weighted by atomic mass is 9.91. The number of fused-ring (bicyclic) bond motifs is 1. The number of benzene rings is 2. The summed E-state index contributed by atoms with van der Waals surface area (Å²) in [5, 5.41) is 30.7. The minimum Gasteiger partial charge on any atom is -0.387 e. The molecule has 7 N–H and O–H groups in total. The fraction of sp³-hybridized carbons (Fsp3) is 0.375. The summed E-state index contributed by atoms with van der Waals surface area (Å²) in [4.78, 5) is 61.0. The fourth-order valence-electron chi connectivity index (χ4n) is 7.50. The second kappa shape index (κ2) is 17.7. The summed E-state index contributed by atoms with van der Waals surface area (Å²) in [7, 11) is 0. The van der Waals surface area contributed by atoms with Crippen LogP contribution in [-0.2, 0) is 9.53 Å². The zero-order valence-electron chi connectivity index (χ0n) is 31.5. The zero-order chi connectivity index (χ0) is 39.9. The number of aromatic nitrogens is 5. The number of aliphatic hydroxyl groups excluding tert-OH is 2. The van der Waals surface area contributed by atoms with Gasteiger partial charge in [0.2, 0.25) is 5.82 Å². The normalized spacial score (nSPS) is 19.8. The van der Waals surface area contributed by atoms with Crippen molar-refractivity contribution in [2.45, 2.75) is 56.3 Å². The van der Waals surface area contributed by atoms with Gasteiger partial charge in [-0.05, 0) is 43.0 Å². The van der Waals surface area contributed by atoms with E-state index in [1.165, 1.54) is 10.9 Å². The lowest BCUT2D eigenvalue weighted by Crippen LogP contribution is -2.51. The predicted octanol–water partition coefficient (Wildman–Crippen LogP) is 2.00. The van der Waals surface area contributed by atoms with Crippen LogP contribution < -0.4 is 26.6 Å². The van der Waals surface area contributed by atoms with Crippen molar-refractivity contribution < 1.29 is 29.3 Å². The Labute approximate surface area is 329 Å². The van der Waals surface area contributed by atoms with Crippen LogP contribution in [0, 0.1) is 0 Å². The highest BCUT2D eigenvalue weighted by molar-refractivity contribution is 5.94. The molecular formula is C40H47N11O6. The van der Waals surface area contributed by atoms with Crippen LogP contribution in [0.2, 0.25) is 0 Å². The SMILES string of the molecule is CCNC(=O)[C@H]1O[C@@H](n2cnc3c(NCC(c4ccccc4)c4ccccc4)nc(C(=O)NCCN(C(N)=O)C4CCN(c5ccccn5)CC4)nc32)[C@H](O)[C@@H]1O. The van der Waals surface area contributed by atoms with Gasteiger partial charge in [0.25, 0.3) is 11.8 Å². The first-order valence-electron chi connectivity index (χ1n) is 19.1. The third-order valence-electron chi connectivity index (χ3n) is 10.4. The van der Waals surface area contributed by atoms with Crippen LogP contribution in [0.3, 0.4) is 0 Å². The van der Waals surface area contributed by atoms with Crippen LogP contribution in [0.25, 0.3) is 11.2 Å². The van der Waals surface area contributed by atoms with Gasteiger partial charge in [0, 0.05) is 57.4 Å². The molecule has 2 aromatic carbocycles. The number of pyridine rings is 1. The maximum Gasteiger partial charge on any atom is 0.315 e. The molecule has 2 aliphatic rings.